The molecule has 0 spiro atoms. The quantitative estimate of drug-likeness (QED) is 0.249. The van der Waals surface area contributed by atoms with E-state index in [0.29, 0.717) is 0 Å². The maximum Gasteiger partial charge on any atom is 0.0503 e. The van der Waals surface area contributed by atoms with E-state index in [-0.39, 0.29) is 0 Å². The van der Waals surface area contributed by atoms with E-state index in [1.54, 1.807) is 0 Å². The van der Waals surface area contributed by atoms with Crippen molar-refractivity contribution in [3.63, 3.8) is 0 Å². The van der Waals surface area contributed by atoms with Crippen molar-refractivity contribution in [1.82, 2.24) is 9.13 Å². The molecule has 2 aromatic heterocycles. The second-order valence-corrected chi connectivity index (χ2v) is 8.33. The Labute approximate surface area is 171 Å². The zero-order valence-corrected chi connectivity index (χ0v) is 16.9. The van der Waals surface area contributed by atoms with Gasteiger partial charge in [-0.1, -0.05) is 47.5 Å². The Hall–Kier alpha value is -2.68. The van der Waals surface area contributed by atoms with E-state index >= 15 is 0 Å². The maximum atomic E-state index is 6.27. The molecule has 0 saturated heterocycles. The number of aromatic nitrogens is 2. The van der Waals surface area contributed by atoms with Crippen LogP contribution in [0.4, 0.5) is 0 Å². The van der Waals surface area contributed by atoms with Crippen molar-refractivity contribution in [3.8, 4) is 0 Å². The van der Waals surface area contributed by atoms with Crippen LogP contribution in [0.2, 0.25) is 10.0 Å². The van der Waals surface area contributed by atoms with Gasteiger partial charge in [0.25, 0.3) is 0 Å². The molecule has 0 atom stereocenters. The van der Waals surface area contributed by atoms with Crippen LogP contribution in [0.3, 0.4) is 0 Å². The predicted molar refractivity (Wildman–Crippen MR) is 122 cm³/mol. The minimum Gasteiger partial charge on any atom is -0.344 e. The zero-order valence-electron chi connectivity index (χ0n) is 15.4. The normalized spacial score (nSPS) is 12.3. The van der Waals surface area contributed by atoms with E-state index in [1.165, 1.54) is 43.4 Å². The average molecular weight is 403 g/mol. The lowest BCUT2D eigenvalue weighted by molar-refractivity contribution is 1.01. The van der Waals surface area contributed by atoms with Crippen molar-refractivity contribution in [1.29, 1.82) is 0 Å². The van der Waals surface area contributed by atoms with Crippen molar-refractivity contribution >= 4 is 77.6 Å². The number of halogens is 2. The van der Waals surface area contributed by atoms with Gasteiger partial charge in [0.15, 0.2) is 0 Å². The molecule has 4 aromatic carbocycles. The summed E-state index contributed by atoms with van der Waals surface area (Å²) in [5, 5.41) is 9.07. The van der Waals surface area contributed by atoms with Crippen molar-refractivity contribution < 1.29 is 0 Å². The molecule has 136 valence electrons. The zero-order chi connectivity index (χ0) is 19.2. The molecule has 0 unspecified atom stereocenters. The van der Waals surface area contributed by atoms with Gasteiger partial charge in [0.1, 0.15) is 0 Å². The van der Waals surface area contributed by atoms with Gasteiger partial charge in [0.05, 0.1) is 11.0 Å². The van der Waals surface area contributed by atoms with Crippen molar-refractivity contribution in [2.75, 3.05) is 0 Å². The first kappa shape index (κ1) is 16.3. The lowest BCUT2D eigenvalue weighted by atomic mass is 9.99. The van der Waals surface area contributed by atoms with Gasteiger partial charge in [-0.15, -0.1) is 0 Å². The summed E-state index contributed by atoms with van der Waals surface area (Å²) >= 11 is 12.5. The number of benzene rings is 4. The Kier molecular flexibility index (Phi) is 3.16. The van der Waals surface area contributed by atoms with E-state index in [1.807, 2.05) is 24.3 Å². The summed E-state index contributed by atoms with van der Waals surface area (Å²) in [6.07, 6.45) is 0. The van der Waals surface area contributed by atoms with Gasteiger partial charge in [0.2, 0.25) is 0 Å². The van der Waals surface area contributed by atoms with Crippen LogP contribution in [0, 0.1) is 0 Å². The fraction of sp³-hybridized carbons (Fsp3) is 0.0833. The van der Waals surface area contributed by atoms with Crippen LogP contribution >= 0.6 is 23.2 Å². The fourth-order valence-electron chi connectivity index (χ4n) is 4.75. The van der Waals surface area contributed by atoms with Gasteiger partial charge < -0.3 is 9.13 Å². The Morgan fingerprint density at radius 3 is 1.32 bits per heavy atom. The number of hydrogen-bond acceptors (Lipinski definition) is 0. The Bertz CT molecular complexity index is 1480. The highest BCUT2D eigenvalue weighted by Gasteiger charge is 2.16. The highest BCUT2D eigenvalue weighted by molar-refractivity contribution is 6.34. The maximum absolute atomic E-state index is 6.27. The highest BCUT2D eigenvalue weighted by Crippen LogP contribution is 2.40. The number of hydrogen-bond donors (Lipinski definition) is 0. The standard InChI is InChI=1S/C24H16Cl2N2/c1-27-19-9-7-16-15(23(19)17-5-3-13(25)11-21(17)27)8-10-20-24(16)18-6-4-14(26)12-22(18)28(20)2/h3-12H,1-2H3. The van der Waals surface area contributed by atoms with E-state index in [4.69, 9.17) is 23.2 Å². The molecule has 0 bridgehead atoms. The summed E-state index contributed by atoms with van der Waals surface area (Å²) in [5.41, 5.74) is 4.74. The van der Waals surface area contributed by atoms with E-state index in [9.17, 15) is 0 Å². The lowest BCUT2D eigenvalue weighted by Gasteiger charge is -2.05. The van der Waals surface area contributed by atoms with Crippen LogP contribution in [-0.2, 0) is 14.1 Å². The molecule has 28 heavy (non-hydrogen) atoms. The average Bonchev–Trinajstić information content (AvgIpc) is 3.14. The topological polar surface area (TPSA) is 9.86 Å². The van der Waals surface area contributed by atoms with Gasteiger partial charge in [-0.3, -0.25) is 0 Å². The summed E-state index contributed by atoms with van der Waals surface area (Å²) in [6, 6.07) is 21.2. The Balaban J connectivity index is 1.90. The first-order valence-corrected chi connectivity index (χ1v) is 9.97. The summed E-state index contributed by atoms with van der Waals surface area (Å²) in [4.78, 5) is 0. The predicted octanol–water partition coefficient (Wildman–Crippen LogP) is 7.44. The third-order valence-electron chi connectivity index (χ3n) is 6.06. The van der Waals surface area contributed by atoms with E-state index in [0.717, 1.165) is 21.1 Å². The summed E-state index contributed by atoms with van der Waals surface area (Å²) in [7, 11) is 4.20. The second kappa shape index (κ2) is 5.44. The third kappa shape index (κ3) is 1.94. The molecule has 0 N–H and O–H groups in total. The molecule has 0 aliphatic heterocycles. The summed E-state index contributed by atoms with van der Waals surface area (Å²) in [6.45, 7) is 0. The molecule has 0 saturated carbocycles. The molecular weight excluding hydrogens is 387 g/mol. The van der Waals surface area contributed by atoms with E-state index < -0.39 is 0 Å². The van der Waals surface area contributed by atoms with Gasteiger partial charge in [-0.05, 0) is 47.2 Å². The lowest BCUT2D eigenvalue weighted by Crippen LogP contribution is -1.87. The number of aryl methyl sites for hydroxylation is 2. The second-order valence-electron chi connectivity index (χ2n) is 7.46. The minimum absolute atomic E-state index is 0.760. The molecule has 0 aliphatic carbocycles. The SMILES string of the molecule is Cn1c2cc(Cl)ccc2c2c3ccc4c(c3ccc21)c1ccc(Cl)cc1n4C. The molecule has 0 aliphatic rings. The van der Waals surface area contributed by atoms with Gasteiger partial charge in [-0.2, -0.15) is 0 Å². The molecular formula is C24H16Cl2N2. The first-order valence-electron chi connectivity index (χ1n) is 9.21. The van der Waals surface area contributed by atoms with Crippen LogP contribution in [0.5, 0.6) is 0 Å². The van der Waals surface area contributed by atoms with Crippen LogP contribution in [0.15, 0.2) is 60.7 Å². The van der Waals surface area contributed by atoms with Crippen LogP contribution in [0.25, 0.3) is 54.4 Å². The molecule has 2 heterocycles. The Morgan fingerprint density at radius 2 is 0.893 bits per heavy atom. The van der Waals surface area contributed by atoms with E-state index in [2.05, 4.69) is 59.6 Å². The molecule has 6 rings (SSSR count). The molecule has 0 fully saturated rings. The number of rotatable bonds is 0. The first-order chi connectivity index (χ1) is 13.5. The van der Waals surface area contributed by atoms with Gasteiger partial charge >= 0.3 is 0 Å². The molecule has 2 nitrogen and oxygen atoms in total. The molecule has 6 aromatic rings. The van der Waals surface area contributed by atoms with Crippen LogP contribution in [0.1, 0.15) is 0 Å². The fourth-order valence-corrected chi connectivity index (χ4v) is 5.09. The largest absolute Gasteiger partial charge is 0.344 e. The van der Waals surface area contributed by atoms with Crippen molar-refractivity contribution in [2.24, 2.45) is 14.1 Å². The van der Waals surface area contributed by atoms with Gasteiger partial charge in [0, 0.05) is 56.7 Å². The van der Waals surface area contributed by atoms with Crippen LogP contribution in [-0.4, -0.2) is 9.13 Å². The van der Waals surface area contributed by atoms with Crippen molar-refractivity contribution in [2.45, 2.75) is 0 Å². The number of fused-ring (bicyclic) bond motifs is 9. The number of nitrogens with zero attached hydrogens (tertiary/aromatic N) is 2. The van der Waals surface area contributed by atoms with Gasteiger partial charge in [-0.25, -0.2) is 0 Å². The van der Waals surface area contributed by atoms with Crippen molar-refractivity contribution in [3.05, 3.63) is 70.7 Å². The Morgan fingerprint density at radius 1 is 0.500 bits per heavy atom. The van der Waals surface area contributed by atoms with Crippen LogP contribution < -0.4 is 0 Å². The highest BCUT2D eigenvalue weighted by atomic mass is 35.5. The molecule has 0 amide bonds. The summed E-state index contributed by atoms with van der Waals surface area (Å²) < 4.78 is 4.45. The smallest absolute Gasteiger partial charge is 0.0503 e. The third-order valence-corrected chi connectivity index (χ3v) is 6.53. The molecule has 0 radical (unpaired) electrons. The minimum atomic E-state index is 0.760. The molecule has 4 heteroatoms. The summed E-state index contributed by atoms with van der Waals surface area (Å²) in [5.74, 6) is 0. The monoisotopic (exact) mass is 402 g/mol.